The summed E-state index contributed by atoms with van der Waals surface area (Å²) in [4.78, 5) is 15.0. The lowest BCUT2D eigenvalue weighted by Gasteiger charge is -2.33. The van der Waals surface area contributed by atoms with Crippen molar-refractivity contribution in [2.45, 2.75) is 56.5 Å². The van der Waals surface area contributed by atoms with Gasteiger partial charge in [-0.2, -0.15) is 0 Å². The van der Waals surface area contributed by atoms with Crippen LogP contribution < -0.4 is 10.0 Å². The third-order valence-corrected chi connectivity index (χ3v) is 7.14. The van der Waals surface area contributed by atoms with Crippen molar-refractivity contribution in [1.29, 1.82) is 0 Å². The Kier molecular flexibility index (Phi) is 7.64. The van der Waals surface area contributed by atoms with Crippen LogP contribution in [0.1, 0.15) is 43.7 Å². The Morgan fingerprint density at radius 3 is 2.33 bits per heavy atom. The molecule has 2 aromatic carbocycles. The summed E-state index contributed by atoms with van der Waals surface area (Å²) in [5.74, 6) is -0.0562. The number of hydrogen-bond donors (Lipinski definition) is 2. The molecule has 0 saturated carbocycles. The molecule has 1 heterocycles. The average molecular weight is 430 g/mol. The summed E-state index contributed by atoms with van der Waals surface area (Å²) in [5, 5.41) is 2.94. The number of benzene rings is 2. The van der Waals surface area contributed by atoms with Crippen molar-refractivity contribution in [3.63, 3.8) is 0 Å². The van der Waals surface area contributed by atoms with E-state index in [1.54, 1.807) is 24.3 Å². The molecule has 1 atom stereocenters. The molecule has 1 aliphatic heterocycles. The molecule has 1 unspecified atom stereocenters. The molecule has 6 nitrogen and oxygen atoms in total. The number of hydrogen-bond acceptors (Lipinski definition) is 4. The fourth-order valence-corrected chi connectivity index (χ4v) is 4.49. The number of anilines is 1. The Bertz CT molecular complexity index is 941. The van der Waals surface area contributed by atoms with Crippen molar-refractivity contribution in [3.05, 3.63) is 59.7 Å². The van der Waals surface area contributed by atoms with E-state index in [1.165, 1.54) is 31.9 Å². The number of aryl methyl sites for hydroxylation is 1. The predicted molar refractivity (Wildman–Crippen MR) is 120 cm³/mol. The van der Waals surface area contributed by atoms with Gasteiger partial charge in [-0.3, -0.25) is 9.69 Å². The van der Waals surface area contributed by atoms with Crippen LogP contribution in [0, 0.1) is 0 Å². The average Bonchev–Trinajstić information content (AvgIpc) is 2.75. The number of piperidine rings is 1. The maximum absolute atomic E-state index is 12.3. The molecule has 2 aromatic rings. The first-order chi connectivity index (χ1) is 14.4. The SMILES string of the molecule is CNS(=O)(=O)c1ccc(CCC(=O)Nc2ccc(CN3CCCCC3C)cc2)cc1. The second kappa shape index (κ2) is 10.2. The molecule has 1 fully saturated rings. The van der Waals surface area contributed by atoms with E-state index in [0.29, 0.717) is 18.9 Å². The molecule has 0 spiro atoms. The van der Waals surface area contributed by atoms with E-state index >= 15 is 0 Å². The van der Waals surface area contributed by atoms with Gasteiger partial charge < -0.3 is 5.32 Å². The highest BCUT2D eigenvalue weighted by Crippen LogP contribution is 2.20. The topological polar surface area (TPSA) is 78.5 Å². The number of rotatable bonds is 8. The Morgan fingerprint density at radius 1 is 1.03 bits per heavy atom. The van der Waals surface area contributed by atoms with Crippen LogP contribution in [-0.4, -0.2) is 38.9 Å². The summed E-state index contributed by atoms with van der Waals surface area (Å²) in [7, 11) is -2.05. The number of amides is 1. The molecule has 0 aromatic heterocycles. The summed E-state index contributed by atoms with van der Waals surface area (Å²) in [6, 6.07) is 15.3. The standard InChI is InChI=1S/C23H31N3O3S/c1-18-5-3-4-16-26(18)17-20-6-11-21(12-7-20)25-23(27)15-10-19-8-13-22(14-9-19)30(28,29)24-2/h6-9,11-14,18,24H,3-5,10,15-17H2,1-2H3,(H,25,27). The molecule has 1 saturated heterocycles. The van der Waals surface area contributed by atoms with Crippen LogP contribution in [0.4, 0.5) is 5.69 Å². The molecule has 30 heavy (non-hydrogen) atoms. The zero-order valence-electron chi connectivity index (χ0n) is 17.7. The lowest BCUT2D eigenvalue weighted by atomic mass is 10.0. The van der Waals surface area contributed by atoms with E-state index < -0.39 is 10.0 Å². The summed E-state index contributed by atoms with van der Waals surface area (Å²) >= 11 is 0. The van der Waals surface area contributed by atoms with Crippen molar-refractivity contribution >= 4 is 21.6 Å². The maximum Gasteiger partial charge on any atom is 0.240 e. The number of nitrogens with one attached hydrogen (secondary N) is 2. The van der Waals surface area contributed by atoms with Gasteiger partial charge in [0.25, 0.3) is 0 Å². The van der Waals surface area contributed by atoms with Gasteiger partial charge in [0.2, 0.25) is 15.9 Å². The molecule has 1 aliphatic rings. The van der Waals surface area contributed by atoms with Gasteiger partial charge in [-0.25, -0.2) is 13.1 Å². The normalized spacial score (nSPS) is 17.6. The molecule has 2 N–H and O–H groups in total. The van der Waals surface area contributed by atoms with Crippen molar-refractivity contribution < 1.29 is 13.2 Å². The molecule has 0 bridgehead atoms. The quantitative estimate of drug-likeness (QED) is 0.673. The predicted octanol–water partition coefficient (Wildman–Crippen LogP) is 3.54. The smallest absolute Gasteiger partial charge is 0.240 e. The van der Waals surface area contributed by atoms with Crippen LogP contribution >= 0.6 is 0 Å². The summed E-state index contributed by atoms with van der Waals surface area (Å²) < 4.78 is 25.8. The van der Waals surface area contributed by atoms with E-state index in [1.807, 2.05) is 12.1 Å². The van der Waals surface area contributed by atoms with E-state index in [-0.39, 0.29) is 10.8 Å². The monoisotopic (exact) mass is 429 g/mol. The zero-order valence-corrected chi connectivity index (χ0v) is 18.5. The third-order valence-electron chi connectivity index (χ3n) is 5.71. The minimum Gasteiger partial charge on any atom is -0.326 e. The van der Waals surface area contributed by atoms with Crippen LogP contribution in [0.25, 0.3) is 0 Å². The Hall–Kier alpha value is -2.22. The van der Waals surface area contributed by atoms with Crippen molar-refractivity contribution in [3.8, 4) is 0 Å². The van der Waals surface area contributed by atoms with Crippen LogP contribution in [-0.2, 0) is 27.8 Å². The highest BCUT2D eigenvalue weighted by molar-refractivity contribution is 7.89. The Morgan fingerprint density at radius 2 is 1.70 bits per heavy atom. The van der Waals surface area contributed by atoms with Gasteiger partial charge in [0, 0.05) is 24.7 Å². The number of carbonyl (C=O) groups is 1. The fraction of sp³-hybridized carbons (Fsp3) is 0.435. The van der Waals surface area contributed by atoms with Crippen LogP contribution in [0.3, 0.4) is 0 Å². The highest BCUT2D eigenvalue weighted by Gasteiger charge is 2.18. The summed E-state index contributed by atoms with van der Waals surface area (Å²) in [6.07, 6.45) is 4.75. The Balaban J connectivity index is 1.48. The second-order valence-electron chi connectivity index (χ2n) is 7.91. The van der Waals surface area contributed by atoms with Crippen molar-refractivity contribution in [1.82, 2.24) is 9.62 Å². The number of nitrogens with zero attached hydrogens (tertiary/aromatic N) is 1. The number of carbonyl (C=O) groups excluding carboxylic acids is 1. The molecular weight excluding hydrogens is 398 g/mol. The molecule has 7 heteroatoms. The second-order valence-corrected chi connectivity index (χ2v) is 9.80. The largest absolute Gasteiger partial charge is 0.326 e. The first-order valence-electron chi connectivity index (χ1n) is 10.5. The van der Waals surface area contributed by atoms with E-state index in [2.05, 4.69) is 34.0 Å². The van der Waals surface area contributed by atoms with Gasteiger partial charge >= 0.3 is 0 Å². The van der Waals surface area contributed by atoms with Gasteiger partial charge in [-0.05, 0) is 75.2 Å². The van der Waals surface area contributed by atoms with Crippen LogP contribution in [0.15, 0.2) is 53.4 Å². The summed E-state index contributed by atoms with van der Waals surface area (Å²) in [6.45, 7) is 4.40. The fourth-order valence-electron chi connectivity index (χ4n) is 3.75. The first-order valence-corrected chi connectivity index (χ1v) is 12.0. The molecule has 0 radical (unpaired) electrons. The van der Waals surface area contributed by atoms with Gasteiger partial charge in [-0.15, -0.1) is 0 Å². The molecule has 0 aliphatic carbocycles. The Labute approximate surface area is 179 Å². The van der Waals surface area contributed by atoms with Gasteiger partial charge in [0.15, 0.2) is 0 Å². The number of sulfonamides is 1. The van der Waals surface area contributed by atoms with Crippen molar-refractivity contribution in [2.75, 3.05) is 18.9 Å². The first kappa shape index (κ1) is 22.5. The minimum atomic E-state index is -3.44. The van der Waals surface area contributed by atoms with E-state index in [4.69, 9.17) is 0 Å². The molecule has 1 amide bonds. The van der Waals surface area contributed by atoms with Gasteiger partial charge in [0.05, 0.1) is 4.90 Å². The lowest BCUT2D eigenvalue weighted by molar-refractivity contribution is -0.116. The van der Waals surface area contributed by atoms with Gasteiger partial charge in [-0.1, -0.05) is 30.7 Å². The van der Waals surface area contributed by atoms with E-state index in [0.717, 1.165) is 24.3 Å². The highest BCUT2D eigenvalue weighted by atomic mass is 32.2. The third kappa shape index (κ3) is 6.14. The molecule has 3 rings (SSSR count). The molecular formula is C23H31N3O3S. The zero-order chi connectivity index (χ0) is 21.6. The number of likely N-dealkylation sites (tertiary alicyclic amines) is 1. The minimum absolute atomic E-state index is 0.0562. The summed E-state index contributed by atoms with van der Waals surface area (Å²) in [5.41, 5.74) is 2.98. The lowest BCUT2D eigenvalue weighted by Crippen LogP contribution is -2.36. The van der Waals surface area contributed by atoms with Crippen LogP contribution in [0.2, 0.25) is 0 Å². The van der Waals surface area contributed by atoms with Crippen molar-refractivity contribution in [2.24, 2.45) is 0 Å². The molecule has 162 valence electrons. The maximum atomic E-state index is 12.3. The van der Waals surface area contributed by atoms with Crippen LogP contribution in [0.5, 0.6) is 0 Å². The van der Waals surface area contributed by atoms with Gasteiger partial charge in [0.1, 0.15) is 0 Å². The van der Waals surface area contributed by atoms with E-state index in [9.17, 15) is 13.2 Å².